The van der Waals surface area contributed by atoms with Gasteiger partial charge in [-0.25, -0.2) is 0 Å². The van der Waals surface area contributed by atoms with Crippen molar-refractivity contribution in [3.05, 3.63) is 29.3 Å². The number of aryl methyl sites for hydroxylation is 1. The summed E-state index contributed by atoms with van der Waals surface area (Å²) in [5, 5.41) is 0. The Kier molecular flexibility index (Phi) is 5.06. The predicted molar refractivity (Wildman–Crippen MR) is 84.1 cm³/mol. The second kappa shape index (κ2) is 6.59. The average Bonchev–Trinajstić information content (AvgIpc) is 2.46. The standard InChI is InChI=1S/C17H28N2O/c1-12-8-9-17(20-4)15(11-12)14(3)19-10-6-5-7-16(19)13(2)18/h8-9,11,13-14,16H,5-7,10,18H2,1-4H3. The van der Waals surface area contributed by atoms with Crippen molar-refractivity contribution >= 4 is 0 Å². The molecule has 0 amide bonds. The first kappa shape index (κ1) is 15.3. The van der Waals surface area contributed by atoms with Crippen LogP contribution < -0.4 is 10.5 Å². The highest BCUT2D eigenvalue weighted by atomic mass is 16.5. The average molecular weight is 276 g/mol. The van der Waals surface area contributed by atoms with Crippen molar-refractivity contribution < 1.29 is 4.74 Å². The lowest BCUT2D eigenvalue weighted by atomic mass is 9.92. The molecule has 1 aromatic carbocycles. The largest absolute Gasteiger partial charge is 0.496 e. The first-order valence-corrected chi connectivity index (χ1v) is 7.70. The zero-order chi connectivity index (χ0) is 14.7. The fourth-order valence-corrected chi connectivity index (χ4v) is 3.38. The Labute approximate surface area is 123 Å². The maximum Gasteiger partial charge on any atom is 0.123 e. The van der Waals surface area contributed by atoms with E-state index < -0.39 is 0 Å². The highest BCUT2D eigenvalue weighted by Gasteiger charge is 2.30. The van der Waals surface area contributed by atoms with Gasteiger partial charge in [-0.3, -0.25) is 4.90 Å². The van der Waals surface area contributed by atoms with Crippen LogP contribution in [0.15, 0.2) is 18.2 Å². The number of methoxy groups -OCH3 is 1. The van der Waals surface area contributed by atoms with E-state index in [1.165, 1.54) is 30.4 Å². The van der Waals surface area contributed by atoms with Crippen LogP contribution in [0.2, 0.25) is 0 Å². The molecule has 112 valence electrons. The summed E-state index contributed by atoms with van der Waals surface area (Å²) >= 11 is 0. The fraction of sp³-hybridized carbons (Fsp3) is 0.647. The molecule has 1 heterocycles. The zero-order valence-corrected chi connectivity index (χ0v) is 13.2. The Morgan fingerprint density at radius 2 is 2.05 bits per heavy atom. The number of nitrogens with zero attached hydrogens (tertiary/aromatic N) is 1. The molecule has 0 radical (unpaired) electrons. The molecular weight excluding hydrogens is 248 g/mol. The summed E-state index contributed by atoms with van der Waals surface area (Å²) in [6, 6.07) is 7.47. The van der Waals surface area contributed by atoms with Crippen molar-refractivity contribution in [3.63, 3.8) is 0 Å². The summed E-state index contributed by atoms with van der Waals surface area (Å²) in [6.45, 7) is 7.67. The second-order valence-corrected chi connectivity index (χ2v) is 6.08. The van der Waals surface area contributed by atoms with Crippen LogP contribution in [0.4, 0.5) is 0 Å². The molecule has 1 aliphatic heterocycles. The first-order chi connectivity index (χ1) is 9.54. The molecule has 0 spiro atoms. The lowest BCUT2D eigenvalue weighted by molar-refractivity contribution is 0.0877. The summed E-state index contributed by atoms with van der Waals surface area (Å²) in [5.41, 5.74) is 8.76. The van der Waals surface area contributed by atoms with E-state index in [9.17, 15) is 0 Å². The maximum absolute atomic E-state index is 6.20. The van der Waals surface area contributed by atoms with Crippen molar-refractivity contribution in [2.24, 2.45) is 5.73 Å². The molecule has 3 unspecified atom stereocenters. The summed E-state index contributed by atoms with van der Waals surface area (Å²) in [7, 11) is 1.75. The van der Waals surface area contributed by atoms with Gasteiger partial charge in [-0.15, -0.1) is 0 Å². The normalized spacial score (nSPS) is 23.4. The number of hydrogen-bond donors (Lipinski definition) is 1. The van der Waals surface area contributed by atoms with Crippen molar-refractivity contribution in [2.75, 3.05) is 13.7 Å². The van der Waals surface area contributed by atoms with Gasteiger partial charge in [0.2, 0.25) is 0 Å². The topological polar surface area (TPSA) is 38.5 Å². The van der Waals surface area contributed by atoms with Crippen LogP contribution in [-0.2, 0) is 0 Å². The van der Waals surface area contributed by atoms with Gasteiger partial charge in [0.25, 0.3) is 0 Å². The lowest BCUT2D eigenvalue weighted by Crippen LogP contribution is -2.49. The van der Waals surface area contributed by atoms with E-state index in [1.54, 1.807) is 7.11 Å². The van der Waals surface area contributed by atoms with Gasteiger partial charge in [0.15, 0.2) is 0 Å². The molecule has 1 aliphatic rings. The molecular formula is C17H28N2O. The predicted octanol–water partition coefficient (Wildman–Crippen LogP) is 3.27. The monoisotopic (exact) mass is 276 g/mol. The van der Waals surface area contributed by atoms with Crippen molar-refractivity contribution in [2.45, 2.75) is 58.2 Å². The Balaban J connectivity index is 2.29. The Bertz CT molecular complexity index is 445. The molecule has 3 heteroatoms. The number of likely N-dealkylation sites (tertiary alicyclic amines) is 1. The van der Waals surface area contributed by atoms with Crippen molar-refractivity contribution in [3.8, 4) is 5.75 Å². The molecule has 0 saturated carbocycles. The quantitative estimate of drug-likeness (QED) is 0.917. The third kappa shape index (κ3) is 3.15. The van der Waals surface area contributed by atoms with Crippen LogP contribution >= 0.6 is 0 Å². The summed E-state index contributed by atoms with van der Waals surface area (Å²) in [5.74, 6) is 0.983. The molecule has 20 heavy (non-hydrogen) atoms. The number of benzene rings is 1. The fourth-order valence-electron chi connectivity index (χ4n) is 3.38. The molecule has 3 nitrogen and oxygen atoms in total. The van der Waals surface area contributed by atoms with E-state index in [0.717, 1.165) is 12.3 Å². The molecule has 1 aromatic rings. The minimum absolute atomic E-state index is 0.216. The van der Waals surface area contributed by atoms with Gasteiger partial charge >= 0.3 is 0 Å². The Morgan fingerprint density at radius 1 is 1.30 bits per heavy atom. The molecule has 0 aliphatic carbocycles. The van der Waals surface area contributed by atoms with Crippen LogP contribution in [0.1, 0.15) is 50.3 Å². The van der Waals surface area contributed by atoms with E-state index >= 15 is 0 Å². The van der Waals surface area contributed by atoms with Gasteiger partial charge in [-0.1, -0.05) is 24.1 Å². The van der Waals surface area contributed by atoms with E-state index in [2.05, 4.69) is 43.9 Å². The molecule has 1 fully saturated rings. The van der Waals surface area contributed by atoms with Gasteiger partial charge in [-0.2, -0.15) is 0 Å². The van der Waals surface area contributed by atoms with Gasteiger partial charge in [0.05, 0.1) is 7.11 Å². The van der Waals surface area contributed by atoms with Crippen LogP contribution in [0.25, 0.3) is 0 Å². The number of piperidine rings is 1. The Morgan fingerprint density at radius 3 is 2.70 bits per heavy atom. The number of rotatable bonds is 4. The van der Waals surface area contributed by atoms with Gasteiger partial charge in [0.1, 0.15) is 5.75 Å². The highest BCUT2D eigenvalue weighted by molar-refractivity contribution is 5.39. The first-order valence-electron chi connectivity index (χ1n) is 7.70. The van der Waals surface area contributed by atoms with Crippen molar-refractivity contribution in [1.82, 2.24) is 4.90 Å². The highest BCUT2D eigenvalue weighted by Crippen LogP contribution is 2.34. The summed E-state index contributed by atoms with van der Waals surface area (Å²) in [6.07, 6.45) is 3.76. The molecule has 3 atom stereocenters. The molecule has 1 saturated heterocycles. The van der Waals surface area contributed by atoms with Gasteiger partial charge in [-0.05, 0) is 46.2 Å². The minimum atomic E-state index is 0.216. The third-order valence-corrected chi connectivity index (χ3v) is 4.53. The lowest BCUT2D eigenvalue weighted by Gasteiger charge is -2.42. The SMILES string of the molecule is COc1ccc(C)cc1C(C)N1CCCCC1C(C)N. The van der Waals surface area contributed by atoms with Gasteiger partial charge < -0.3 is 10.5 Å². The molecule has 2 N–H and O–H groups in total. The molecule has 0 bridgehead atoms. The number of ether oxygens (including phenoxy) is 1. The third-order valence-electron chi connectivity index (χ3n) is 4.53. The second-order valence-electron chi connectivity index (χ2n) is 6.08. The van der Waals surface area contributed by atoms with Crippen molar-refractivity contribution in [1.29, 1.82) is 0 Å². The molecule has 0 aromatic heterocycles. The summed E-state index contributed by atoms with van der Waals surface area (Å²) in [4.78, 5) is 2.56. The smallest absolute Gasteiger partial charge is 0.123 e. The van der Waals surface area contributed by atoms with Crippen LogP contribution in [-0.4, -0.2) is 30.6 Å². The van der Waals surface area contributed by atoms with E-state index in [1.807, 2.05) is 0 Å². The van der Waals surface area contributed by atoms with Crippen LogP contribution in [0.3, 0.4) is 0 Å². The maximum atomic E-state index is 6.20. The van der Waals surface area contributed by atoms with Crippen LogP contribution in [0, 0.1) is 6.92 Å². The number of hydrogen-bond acceptors (Lipinski definition) is 3. The minimum Gasteiger partial charge on any atom is -0.496 e. The summed E-state index contributed by atoms with van der Waals surface area (Å²) < 4.78 is 5.55. The zero-order valence-electron chi connectivity index (χ0n) is 13.2. The van der Waals surface area contributed by atoms with E-state index in [0.29, 0.717) is 12.1 Å². The van der Waals surface area contributed by atoms with Crippen LogP contribution in [0.5, 0.6) is 5.75 Å². The Hall–Kier alpha value is -1.06. The van der Waals surface area contributed by atoms with E-state index in [4.69, 9.17) is 10.5 Å². The molecule has 2 rings (SSSR count). The van der Waals surface area contributed by atoms with E-state index in [-0.39, 0.29) is 6.04 Å². The number of nitrogens with two attached hydrogens (primary N) is 1. The van der Waals surface area contributed by atoms with Gasteiger partial charge in [0, 0.05) is 23.7 Å².